The van der Waals surface area contributed by atoms with Crippen LogP contribution in [0.15, 0.2) is 42.5 Å². The predicted octanol–water partition coefficient (Wildman–Crippen LogP) is 4.26. The maximum absolute atomic E-state index is 9.43. The zero-order chi connectivity index (χ0) is 14.7. The van der Waals surface area contributed by atoms with Gasteiger partial charge in [-0.2, -0.15) is 0 Å². The smallest absolute Gasteiger partial charge is 0.134 e. The second-order valence-electron chi connectivity index (χ2n) is 5.38. The highest BCUT2D eigenvalue weighted by atomic mass is 35.5. The van der Waals surface area contributed by atoms with E-state index in [4.69, 9.17) is 11.6 Å². The zero-order valence-corrected chi connectivity index (χ0v) is 12.6. The molecule has 0 atom stereocenters. The topological polar surface area (TPSA) is 35.5 Å². The SMILES string of the molecule is Oc1ccc(CNc2cccc(N3CCCC3)c2)cc1Cl. The van der Waals surface area contributed by atoms with Gasteiger partial charge in [-0.05, 0) is 48.7 Å². The minimum atomic E-state index is 0.122. The van der Waals surface area contributed by atoms with Crippen LogP contribution in [0.4, 0.5) is 11.4 Å². The normalized spacial score (nSPS) is 14.4. The van der Waals surface area contributed by atoms with Crippen LogP contribution in [0.25, 0.3) is 0 Å². The van der Waals surface area contributed by atoms with Crippen LogP contribution in [0, 0.1) is 0 Å². The first-order valence-corrected chi connectivity index (χ1v) is 7.66. The van der Waals surface area contributed by atoms with Gasteiger partial charge in [0.1, 0.15) is 5.75 Å². The van der Waals surface area contributed by atoms with Crippen molar-refractivity contribution in [2.45, 2.75) is 19.4 Å². The number of nitrogens with one attached hydrogen (secondary N) is 1. The summed E-state index contributed by atoms with van der Waals surface area (Å²) in [5, 5.41) is 13.2. The van der Waals surface area contributed by atoms with Crippen molar-refractivity contribution in [3.63, 3.8) is 0 Å². The van der Waals surface area contributed by atoms with Crippen molar-refractivity contribution < 1.29 is 5.11 Å². The molecule has 0 radical (unpaired) electrons. The number of rotatable bonds is 4. The van der Waals surface area contributed by atoms with Crippen molar-refractivity contribution in [2.75, 3.05) is 23.3 Å². The first-order chi connectivity index (χ1) is 10.2. The Morgan fingerprint density at radius 3 is 2.67 bits per heavy atom. The number of benzene rings is 2. The van der Waals surface area contributed by atoms with E-state index in [0.29, 0.717) is 11.6 Å². The number of anilines is 2. The summed E-state index contributed by atoms with van der Waals surface area (Å²) in [6.07, 6.45) is 2.56. The number of hydrogen-bond acceptors (Lipinski definition) is 3. The lowest BCUT2D eigenvalue weighted by molar-refractivity contribution is 0.475. The Morgan fingerprint density at radius 1 is 1.10 bits per heavy atom. The molecular weight excluding hydrogens is 284 g/mol. The molecule has 1 heterocycles. The maximum Gasteiger partial charge on any atom is 0.134 e. The summed E-state index contributed by atoms with van der Waals surface area (Å²) in [4.78, 5) is 2.42. The third kappa shape index (κ3) is 3.42. The van der Waals surface area contributed by atoms with Crippen LogP contribution in [0.5, 0.6) is 5.75 Å². The predicted molar refractivity (Wildman–Crippen MR) is 88.3 cm³/mol. The van der Waals surface area contributed by atoms with E-state index < -0.39 is 0 Å². The van der Waals surface area contributed by atoms with E-state index in [1.165, 1.54) is 18.5 Å². The molecule has 1 saturated heterocycles. The third-order valence-corrected chi connectivity index (χ3v) is 4.13. The van der Waals surface area contributed by atoms with E-state index in [0.717, 1.165) is 24.3 Å². The Kier molecular flexibility index (Phi) is 4.20. The fourth-order valence-electron chi connectivity index (χ4n) is 2.65. The Labute approximate surface area is 130 Å². The molecule has 0 aliphatic carbocycles. The molecule has 0 unspecified atom stereocenters. The largest absolute Gasteiger partial charge is 0.506 e. The van der Waals surface area contributed by atoms with Crippen LogP contribution in [0.2, 0.25) is 5.02 Å². The second-order valence-corrected chi connectivity index (χ2v) is 5.79. The highest BCUT2D eigenvalue weighted by Gasteiger charge is 2.12. The molecule has 0 aromatic heterocycles. The number of phenolic OH excluding ortho intramolecular Hbond substituents is 1. The van der Waals surface area contributed by atoms with Crippen LogP contribution in [0.1, 0.15) is 18.4 Å². The molecule has 2 N–H and O–H groups in total. The molecule has 0 spiro atoms. The van der Waals surface area contributed by atoms with E-state index in [1.807, 2.05) is 6.07 Å². The van der Waals surface area contributed by atoms with Crippen molar-refractivity contribution in [1.29, 1.82) is 0 Å². The standard InChI is InChI=1S/C17H19ClN2O/c18-16-10-13(6-7-17(16)21)12-19-14-4-3-5-15(11-14)20-8-1-2-9-20/h3-7,10-11,19,21H,1-2,8-9,12H2. The molecule has 3 rings (SSSR count). The quantitative estimate of drug-likeness (QED) is 0.886. The molecule has 1 aliphatic rings. The van der Waals surface area contributed by atoms with E-state index >= 15 is 0 Å². The molecule has 21 heavy (non-hydrogen) atoms. The molecule has 1 aliphatic heterocycles. The van der Waals surface area contributed by atoms with Crippen molar-refractivity contribution in [1.82, 2.24) is 0 Å². The summed E-state index contributed by atoms with van der Waals surface area (Å²) in [5.74, 6) is 0.122. The maximum atomic E-state index is 9.43. The minimum Gasteiger partial charge on any atom is -0.506 e. The molecule has 2 aromatic carbocycles. The van der Waals surface area contributed by atoms with Crippen molar-refractivity contribution >= 4 is 23.0 Å². The molecule has 1 fully saturated rings. The number of hydrogen-bond donors (Lipinski definition) is 2. The molecule has 110 valence electrons. The number of aromatic hydroxyl groups is 1. The second kappa shape index (κ2) is 6.27. The fourth-order valence-corrected chi connectivity index (χ4v) is 2.86. The summed E-state index contributed by atoms with van der Waals surface area (Å²) >= 11 is 5.92. The van der Waals surface area contributed by atoms with Gasteiger partial charge in [0.05, 0.1) is 5.02 Å². The van der Waals surface area contributed by atoms with Crippen molar-refractivity contribution in [2.24, 2.45) is 0 Å². The van der Waals surface area contributed by atoms with Gasteiger partial charge in [-0.25, -0.2) is 0 Å². The monoisotopic (exact) mass is 302 g/mol. The molecule has 4 heteroatoms. The van der Waals surface area contributed by atoms with Crippen LogP contribution in [0.3, 0.4) is 0 Å². The van der Waals surface area contributed by atoms with Crippen molar-refractivity contribution in [3.8, 4) is 5.75 Å². The third-order valence-electron chi connectivity index (χ3n) is 3.83. The molecule has 2 aromatic rings. The highest BCUT2D eigenvalue weighted by Crippen LogP contribution is 2.25. The molecule has 3 nitrogen and oxygen atoms in total. The van der Waals surface area contributed by atoms with Gasteiger partial charge >= 0.3 is 0 Å². The van der Waals surface area contributed by atoms with Crippen molar-refractivity contribution in [3.05, 3.63) is 53.1 Å². The van der Waals surface area contributed by atoms with Crippen LogP contribution in [-0.2, 0) is 6.54 Å². The summed E-state index contributed by atoms with van der Waals surface area (Å²) < 4.78 is 0. The van der Waals surface area contributed by atoms with Gasteiger partial charge in [0.2, 0.25) is 0 Å². The van der Waals surface area contributed by atoms with E-state index in [2.05, 4.69) is 34.5 Å². The lowest BCUT2D eigenvalue weighted by Crippen LogP contribution is -2.17. The summed E-state index contributed by atoms with van der Waals surface area (Å²) in [6.45, 7) is 2.98. The fraction of sp³-hybridized carbons (Fsp3) is 0.294. The minimum absolute atomic E-state index is 0.122. The van der Waals surface area contributed by atoms with Gasteiger partial charge in [-0.15, -0.1) is 0 Å². The van der Waals surface area contributed by atoms with Crippen LogP contribution in [-0.4, -0.2) is 18.2 Å². The Hall–Kier alpha value is -1.87. The van der Waals surface area contributed by atoms with Gasteiger partial charge in [-0.1, -0.05) is 23.7 Å². The molecule has 0 bridgehead atoms. The lowest BCUT2D eigenvalue weighted by atomic mass is 10.2. The highest BCUT2D eigenvalue weighted by molar-refractivity contribution is 6.32. The molecule has 0 saturated carbocycles. The lowest BCUT2D eigenvalue weighted by Gasteiger charge is -2.18. The number of nitrogens with zero attached hydrogens (tertiary/aromatic N) is 1. The Morgan fingerprint density at radius 2 is 1.90 bits per heavy atom. The number of phenols is 1. The van der Waals surface area contributed by atoms with Gasteiger partial charge < -0.3 is 15.3 Å². The zero-order valence-electron chi connectivity index (χ0n) is 11.8. The van der Waals surface area contributed by atoms with Gasteiger partial charge in [-0.3, -0.25) is 0 Å². The van der Waals surface area contributed by atoms with Gasteiger partial charge in [0, 0.05) is 31.0 Å². The molecular formula is C17H19ClN2O. The number of halogens is 1. The average Bonchev–Trinajstić information content (AvgIpc) is 3.03. The van der Waals surface area contributed by atoms with E-state index in [9.17, 15) is 5.11 Å². The van der Waals surface area contributed by atoms with Crippen LogP contribution >= 0.6 is 11.6 Å². The van der Waals surface area contributed by atoms with E-state index in [1.54, 1.807) is 12.1 Å². The van der Waals surface area contributed by atoms with E-state index in [-0.39, 0.29) is 5.75 Å². The Balaban J connectivity index is 1.67. The van der Waals surface area contributed by atoms with Crippen LogP contribution < -0.4 is 10.2 Å². The van der Waals surface area contributed by atoms with Gasteiger partial charge in [0.25, 0.3) is 0 Å². The first-order valence-electron chi connectivity index (χ1n) is 7.29. The average molecular weight is 303 g/mol. The van der Waals surface area contributed by atoms with Gasteiger partial charge in [0.15, 0.2) is 0 Å². The summed E-state index contributed by atoms with van der Waals surface area (Å²) in [7, 11) is 0. The summed E-state index contributed by atoms with van der Waals surface area (Å²) in [5.41, 5.74) is 3.43. The summed E-state index contributed by atoms with van der Waals surface area (Å²) in [6, 6.07) is 13.8. The molecule has 0 amide bonds. The first kappa shape index (κ1) is 14.1. The Bertz CT molecular complexity index is 624.